The Morgan fingerprint density at radius 1 is 1.69 bits per heavy atom. The number of carbonyl (C=O) groups is 1. The average molecular weight is 241 g/mol. The van der Waals surface area contributed by atoms with Gasteiger partial charge in [-0.3, -0.25) is 4.79 Å². The lowest BCUT2D eigenvalue weighted by Gasteiger charge is -2.11. The third kappa shape index (κ3) is 4.28. The molecule has 0 spiro atoms. The van der Waals surface area contributed by atoms with Crippen molar-refractivity contribution in [3.8, 4) is 0 Å². The van der Waals surface area contributed by atoms with Crippen LogP contribution in [0, 0.1) is 12.8 Å². The minimum Gasteiger partial charge on any atom is -0.350 e. The number of nitrogens with zero attached hydrogens (tertiary/aromatic N) is 1. The summed E-state index contributed by atoms with van der Waals surface area (Å²) in [7, 11) is 0. The first-order chi connectivity index (χ1) is 7.65. The van der Waals surface area contributed by atoms with E-state index < -0.39 is 0 Å². The van der Waals surface area contributed by atoms with Gasteiger partial charge in [0.1, 0.15) is 5.01 Å². The molecule has 0 aliphatic rings. The molecule has 1 rings (SSSR count). The molecular formula is C11H19N3OS. The largest absolute Gasteiger partial charge is 0.350 e. The SMILES string of the molecule is CCC(CN)CC(=O)NCc1ncc(C)s1. The Morgan fingerprint density at radius 2 is 2.44 bits per heavy atom. The molecule has 1 atom stereocenters. The number of amides is 1. The fourth-order valence-electron chi connectivity index (χ4n) is 1.39. The molecule has 16 heavy (non-hydrogen) atoms. The highest BCUT2D eigenvalue weighted by Crippen LogP contribution is 2.11. The maximum absolute atomic E-state index is 11.6. The minimum absolute atomic E-state index is 0.0603. The number of thiazole rings is 1. The van der Waals surface area contributed by atoms with Gasteiger partial charge in [-0.15, -0.1) is 11.3 Å². The molecule has 0 aliphatic heterocycles. The van der Waals surface area contributed by atoms with Gasteiger partial charge in [0.25, 0.3) is 0 Å². The summed E-state index contributed by atoms with van der Waals surface area (Å²) in [5.74, 6) is 0.350. The second kappa shape index (κ2) is 6.60. The molecule has 0 fully saturated rings. The first kappa shape index (κ1) is 13.1. The number of carbonyl (C=O) groups excluding carboxylic acids is 1. The van der Waals surface area contributed by atoms with Crippen LogP contribution in [-0.4, -0.2) is 17.4 Å². The van der Waals surface area contributed by atoms with Gasteiger partial charge in [0.15, 0.2) is 0 Å². The highest BCUT2D eigenvalue weighted by Gasteiger charge is 2.10. The van der Waals surface area contributed by atoms with Crippen molar-refractivity contribution in [3.05, 3.63) is 16.1 Å². The Labute approximate surface area is 100 Å². The fraction of sp³-hybridized carbons (Fsp3) is 0.636. The summed E-state index contributed by atoms with van der Waals surface area (Å²) in [6, 6.07) is 0. The summed E-state index contributed by atoms with van der Waals surface area (Å²) in [6.07, 6.45) is 3.28. The van der Waals surface area contributed by atoms with Crippen molar-refractivity contribution in [1.29, 1.82) is 0 Å². The highest BCUT2D eigenvalue weighted by molar-refractivity contribution is 7.11. The van der Waals surface area contributed by atoms with E-state index in [0.717, 1.165) is 16.3 Å². The van der Waals surface area contributed by atoms with E-state index in [0.29, 0.717) is 19.5 Å². The van der Waals surface area contributed by atoms with Crippen LogP contribution in [0.5, 0.6) is 0 Å². The predicted octanol–water partition coefficient (Wildman–Crippen LogP) is 1.44. The van der Waals surface area contributed by atoms with E-state index in [-0.39, 0.29) is 11.8 Å². The van der Waals surface area contributed by atoms with E-state index in [2.05, 4.69) is 17.2 Å². The van der Waals surface area contributed by atoms with E-state index in [9.17, 15) is 4.79 Å². The van der Waals surface area contributed by atoms with Gasteiger partial charge in [-0.2, -0.15) is 0 Å². The predicted molar refractivity (Wildman–Crippen MR) is 66.2 cm³/mol. The third-order valence-electron chi connectivity index (χ3n) is 2.49. The van der Waals surface area contributed by atoms with E-state index in [1.807, 2.05) is 13.1 Å². The van der Waals surface area contributed by atoms with Crippen LogP contribution < -0.4 is 11.1 Å². The number of hydrogen-bond acceptors (Lipinski definition) is 4. The van der Waals surface area contributed by atoms with Crippen LogP contribution in [0.2, 0.25) is 0 Å². The molecule has 90 valence electrons. The summed E-state index contributed by atoms with van der Waals surface area (Å²) in [4.78, 5) is 16.9. The third-order valence-corrected chi connectivity index (χ3v) is 3.40. The second-order valence-corrected chi connectivity index (χ2v) is 5.17. The molecule has 0 saturated carbocycles. The fourth-order valence-corrected chi connectivity index (χ4v) is 2.11. The summed E-state index contributed by atoms with van der Waals surface area (Å²) in [5.41, 5.74) is 5.55. The van der Waals surface area contributed by atoms with Crippen LogP contribution in [0.15, 0.2) is 6.20 Å². The molecule has 0 aliphatic carbocycles. The number of rotatable bonds is 6. The number of nitrogens with one attached hydrogen (secondary N) is 1. The molecule has 0 bridgehead atoms. The molecule has 0 radical (unpaired) electrons. The van der Waals surface area contributed by atoms with Gasteiger partial charge in [-0.1, -0.05) is 13.3 Å². The van der Waals surface area contributed by atoms with Gasteiger partial charge in [-0.05, 0) is 19.4 Å². The summed E-state index contributed by atoms with van der Waals surface area (Å²) < 4.78 is 0. The van der Waals surface area contributed by atoms with Crippen LogP contribution in [0.3, 0.4) is 0 Å². The van der Waals surface area contributed by atoms with E-state index in [4.69, 9.17) is 5.73 Å². The van der Waals surface area contributed by atoms with Gasteiger partial charge in [0.05, 0.1) is 6.54 Å². The first-order valence-electron chi connectivity index (χ1n) is 5.53. The lowest BCUT2D eigenvalue weighted by molar-refractivity contribution is -0.122. The molecule has 0 saturated heterocycles. The Morgan fingerprint density at radius 3 is 2.94 bits per heavy atom. The minimum atomic E-state index is 0.0603. The van der Waals surface area contributed by atoms with Crippen molar-refractivity contribution in [2.45, 2.75) is 33.2 Å². The van der Waals surface area contributed by atoms with Gasteiger partial charge < -0.3 is 11.1 Å². The molecule has 0 aromatic carbocycles. The molecule has 1 unspecified atom stereocenters. The maximum atomic E-state index is 11.6. The first-order valence-corrected chi connectivity index (χ1v) is 6.35. The molecule has 1 heterocycles. The molecule has 5 heteroatoms. The lowest BCUT2D eigenvalue weighted by Crippen LogP contribution is -2.27. The summed E-state index contributed by atoms with van der Waals surface area (Å²) in [6.45, 7) is 5.15. The van der Waals surface area contributed by atoms with E-state index in [1.54, 1.807) is 11.3 Å². The smallest absolute Gasteiger partial charge is 0.220 e. The van der Waals surface area contributed by atoms with Gasteiger partial charge >= 0.3 is 0 Å². The lowest BCUT2D eigenvalue weighted by atomic mass is 10.0. The molecule has 4 nitrogen and oxygen atoms in total. The van der Waals surface area contributed by atoms with Crippen molar-refractivity contribution in [3.63, 3.8) is 0 Å². The Bertz CT molecular complexity index is 334. The van der Waals surface area contributed by atoms with Crippen molar-refractivity contribution in [2.24, 2.45) is 11.7 Å². The van der Waals surface area contributed by atoms with Gasteiger partial charge in [0, 0.05) is 17.5 Å². The topological polar surface area (TPSA) is 68.0 Å². The normalized spacial score (nSPS) is 12.4. The average Bonchev–Trinajstić information content (AvgIpc) is 2.69. The van der Waals surface area contributed by atoms with Crippen molar-refractivity contribution in [2.75, 3.05) is 6.54 Å². The van der Waals surface area contributed by atoms with Crippen molar-refractivity contribution < 1.29 is 4.79 Å². The van der Waals surface area contributed by atoms with Crippen LogP contribution in [0.1, 0.15) is 29.7 Å². The molecule has 3 N–H and O–H groups in total. The maximum Gasteiger partial charge on any atom is 0.220 e. The standard InChI is InChI=1S/C11H19N3OS/c1-3-9(5-12)4-10(15)13-7-11-14-6-8(2)16-11/h6,9H,3-5,7,12H2,1-2H3,(H,13,15). The Kier molecular flexibility index (Phi) is 5.42. The summed E-state index contributed by atoms with van der Waals surface area (Å²) in [5, 5.41) is 3.82. The number of nitrogens with two attached hydrogens (primary N) is 1. The van der Waals surface area contributed by atoms with Crippen LogP contribution in [0.25, 0.3) is 0 Å². The second-order valence-electron chi connectivity index (χ2n) is 3.86. The summed E-state index contributed by atoms with van der Waals surface area (Å²) >= 11 is 1.61. The van der Waals surface area contributed by atoms with Gasteiger partial charge in [0.2, 0.25) is 5.91 Å². The van der Waals surface area contributed by atoms with E-state index >= 15 is 0 Å². The highest BCUT2D eigenvalue weighted by atomic mass is 32.1. The van der Waals surface area contributed by atoms with Gasteiger partial charge in [-0.25, -0.2) is 4.98 Å². The van der Waals surface area contributed by atoms with E-state index in [1.165, 1.54) is 0 Å². The quantitative estimate of drug-likeness (QED) is 0.792. The molecule has 1 aromatic rings. The number of aromatic nitrogens is 1. The zero-order valence-electron chi connectivity index (χ0n) is 9.82. The van der Waals surface area contributed by atoms with Crippen molar-refractivity contribution in [1.82, 2.24) is 10.3 Å². The number of hydrogen-bond donors (Lipinski definition) is 2. The van der Waals surface area contributed by atoms with Crippen LogP contribution in [0.4, 0.5) is 0 Å². The molecular weight excluding hydrogens is 222 g/mol. The van der Waals surface area contributed by atoms with Crippen LogP contribution in [-0.2, 0) is 11.3 Å². The zero-order chi connectivity index (χ0) is 12.0. The van der Waals surface area contributed by atoms with Crippen molar-refractivity contribution >= 4 is 17.2 Å². The molecule has 1 amide bonds. The Balaban J connectivity index is 2.30. The van der Waals surface area contributed by atoms with Crippen LogP contribution >= 0.6 is 11.3 Å². The Hall–Kier alpha value is -0.940. The zero-order valence-corrected chi connectivity index (χ0v) is 10.6. The number of aryl methyl sites for hydroxylation is 1. The molecule has 1 aromatic heterocycles. The monoisotopic (exact) mass is 241 g/mol.